The van der Waals surface area contributed by atoms with E-state index in [1.807, 2.05) is 12.1 Å². The van der Waals surface area contributed by atoms with Crippen LogP contribution in [0.4, 0.5) is 0 Å². The second-order valence-electron chi connectivity index (χ2n) is 7.59. The first-order chi connectivity index (χ1) is 12.4. The molecule has 26 heavy (non-hydrogen) atoms. The molecule has 3 rings (SSSR count). The molecule has 0 spiro atoms. The number of sulfone groups is 1. The van der Waals surface area contributed by atoms with Crippen LogP contribution in [0.5, 0.6) is 5.75 Å². The average molecular weight is 381 g/mol. The van der Waals surface area contributed by atoms with Gasteiger partial charge in [0.2, 0.25) is 5.91 Å². The predicted octanol–water partition coefficient (Wildman–Crippen LogP) is 1.34. The lowest BCUT2D eigenvalue weighted by atomic mass is 9.90. The first-order valence-corrected chi connectivity index (χ1v) is 11.2. The molecule has 144 valence electrons. The summed E-state index contributed by atoms with van der Waals surface area (Å²) in [6.45, 7) is 2.19. The molecule has 0 radical (unpaired) electrons. The van der Waals surface area contributed by atoms with E-state index in [0.29, 0.717) is 24.6 Å². The predicted molar refractivity (Wildman–Crippen MR) is 101 cm³/mol. The van der Waals surface area contributed by atoms with Crippen molar-refractivity contribution in [3.63, 3.8) is 0 Å². The topological polar surface area (TPSA) is 86.7 Å². The molecular weight excluding hydrogens is 352 g/mol. The molecule has 1 atom stereocenters. The maximum atomic E-state index is 12.1. The van der Waals surface area contributed by atoms with Crippen LogP contribution >= 0.6 is 0 Å². The molecule has 1 aromatic rings. The zero-order chi connectivity index (χ0) is 18.6. The minimum absolute atomic E-state index is 0.0605. The largest absolute Gasteiger partial charge is 0.508 e. The van der Waals surface area contributed by atoms with Gasteiger partial charge in [-0.3, -0.25) is 9.69 Å². The molecule has 2 heterocycles. The molecular formula is C19H28N2O4S. The minimum Gasteiger partial charge on any atom is -0.508 e. The maximum absolute atomic E-state index is 12.1. The Balaban J connectivity index is 1.34. The standard InChI is InChI=1S/C19H28N2O4S/c22-18-5-3-15(4-6-18)1-2-16-7-10-21(11-8-16)13-19(23)20-17-9-12-26(24,25)14-17/h3-6,16-17,22H,1-2,7-14H2,(H,20,23)/t17-/m0/s1. The Morgan fingerprint density at radius 3 is 2.46 bits per heavy atom. The summed E-state index contributed by atoms with van der Waals surface area (Å²) in [5, 5.41) is 12.2. The molecule has 0 bridgehead atoms. The van der Waals surface area contributed by atoms with E-state index in [1.54, 1.807) is 12.1 Å². The highest BCUT2D eigenvalue weighted by Gasteiger charge is 2.29. The number of carbonyl (C=O) groups excluding carboxylic acids is 1. The minimum atomic E-state index is -2.96. The number of benzene rings is 1. The number of amides is 1. The van der Waals surface area contributed by atoms with Crippen LogP contribution in [0.2, 0.25) is 0 Å². The molecule has 2 saturated heterocycles. The molecule has 0 unspecified atom stereocenters. The van der Waals surface area contributed by atoms with Gasteiger partial charge in [-0.15, -0.1) is 0 Å². The van der Waals surface area contributed by atoms with Crippen molar-refractivity contribution in [3.05, 3.63) is 29.8 Å². The number of hydrogen-bond acceptors (Lipinski definition) is 5. The normalized spacial score (nSPS) is 23.8. The summed E-state index contributed by atoms with van der Waals surface area (Å²) in [5.74, 6) is 1.18. The third-order valence-electron chi connectivity index (χ3n) is 5.45. The van der Waals surface area contributed by atoms with Crippen molar-refractivity contribution < 1.29 is 18.3 Å². The van der Waals surface area contributed by atoms with Crippen molar-refractivity contribution in [1.82, 2.24) is 10.2 Å². The fourth-order valence-electron chi connectivity index (χ4n) is 3.85. The van der Waals surface area contributed by atoms with Gasteiger partial charge in [0.15, 0.2) is 9.84 Å². The number of nitrogens with zero attached hydrogens (tertiary/aromatic N) is 1. The van der Waals surface area contributed by atoms with Gasteiger partial charge in [-0.2, -0.15) is 0 Å². The molecule has 1 amide bonds. The van der Waals surface area contributed by atoms with E-state index in [9.17, 15) is 18.3 Å². The van der Waals surface area contributed by atoms with Gasteiger partial charge in [0, 0.05) is 6.04 Å². The lowest BCUT2D eigenvalue weighted by Crippen LogP contribution is -2.45. The molecule has 2 aliphatic rings. The smallest absolute Gasteiger partial charge is 0.234 e. The van der Waals surface area contributed by atoms with Gasteiger partial charge < -0.3 is 10.4 Å². The number of hydrogen-bond donors (Lipinski definition) is 2. The van der Waals surface area contributed by atoms with Crippen LogP contribution in [0.25, 0.3) is 0 Å². The van der Waals surface area contributed by atoms with Crippen LogP contribution in [0.15, 0.2) is 24.3 Å². The van der Waals surface area contributed by atoms with Gasteiger partial charge in [0.05, 0.1) is 18.1 Å². The Morgan fingerprint density at radius 1 is 1.15 bits per heavy atom. The van der Waals surface area contributed by atoms with Crippen molar-refractivity contribution in [2.45, 2.75) is 38.1 Å². The number of nitrogens with one attached hydrogen (secondary N) is 1. The van der Waals surface area contributed by atoms with Crippen LogP contribution in [0.1, 0.15) is 31.2 Å². The summed E-state index contributed by atoms with van der Waals surface area (Å²) in [7, 11) is -2.96. The third kappa shape index (κ3) is 5.71. The van der Waals surface area contributed by atoms with Crippen LogP contribution in [-0.4, -0.2) is 61.5 Å². The van der Waals surface area contributed by atoms with Crippen LogP contribution in [0, 0.1) is 5.92 Å². The van der Waals surface area contributed by atoms with Gasteiger partial charge in [-0.1, -0.05) is 12.1 Å². The highest BCUT2D eigenvalue weighted by atomic mass is 32.2. The number of aryl methyl sites for hydroxylation is 1. The van der Waals surface area contributed by atoms with Gasteiger partial charge in [-0.05, 0) is 68.8 Å². The Morgan fingerprint density at radius 2 is 1.85 bits per heavy atom. The van der Waals surface area contributed by atoms with Crippen LogP contribution in [0.3, 0.4) is 0 Å². The van der Waals surface area contributed by atoms with E-state index in [4.69, 9.17) is 0 Å². The first-order valence-electron chi connectivity index (χ1n) is 9.40. The van der Waals surface area contributed by atoms with E-state index < -0.39 is 9.84 Å². The van der Waals surface area contributed by atoms with Crippen LogP contribution < -0.4 is 5.32 Å². The lowest BCUT2D eigenvalue weighted by Gasteiger charge is -2.31. The van der Waals surface area contributed by atoms with E-state index in [0.717, 1.165) is 38.8 Å². The summed E-state index contributed by atoms with van der Waals surface area (Å²) in [6.07, 6.45) is 4.85. The lowest BCUT2D eigenvalue weighted by molar-refractivity contribution is -0.123. The molecule has 7 heteroatoms. The molecule has 0 aliphatic carbocycles. The zero-order valence-electron chi connectivity index (χ0n) is 15.1. The molecule has 1 aromatic carbocycles. The number of likely N-dealkylation sites (tertiary alicyclic amines) is 1. The van der Waals surface area contributed by atoms with Gasteiger partial charge >= 0.3 is 0 Å². The molecule has 2 fully saturated rings. The summed E-state index contributed by atoms with van der Waals surface area (Å²) >= 11 is 0. The number of piperidine rings is 1. The highest BCUT2D eigenvalue weighted by molar-refractivity contribution is 7.91. The summed E-state index contributed by atoms with van der Waals surface area (Å²) in [4.78, 5) is 14.3. The second-order valence-corrected chi connectivity index (χ2v) is 9.82. The third-order valence-corrected chi connectivity index (χ3v) is 7.22. The number of carbonyl (C=O) groups is 1. The van der Waals surface area contributed by atoms with E-state index in [-0.39, 0.29) is 23.5 Å². The van der Waals surface area contributed by atoms with E-state index >= 15 is 0 Å². The van der Waals surface area contributed by atoms with Crippen molar-refractivity contribution in [2.24, 2.45) is 5.92 Å². The number of rotatable bonds is 6. The Bertz CT molecular complexity index is 710. The first kappa shape index (κ1) is 19.2. The van der Waals surface area contributed by atoms with E-state index in [1.165, 1.54) is 5.56 Å². The molecule has 2 aliphatic heterocycles. The summed E-state index contributed by atoms with van der Waals surface area (Å²) in [5.41, 5.74) is 1.25. The van der Waals surface area contributed by atoms with Gasteiger partial charge in [0.1, 0.15) is 5.75 Å². The maximum Gasteiger partial charge on any atom is 0.234 e. The molecule has 2 N–H and O–H groups in total. The Kier molecular flexibility index (Phi) is 6.19. The SMILES string of the molecule is O=C(CN1CCC(CCc2ccc(O)cc2)CC1)N[C@H]1CCS(=O)(=O)C1. The zero-order valence-corrected chi connectivity index (χ0v) is 15.9. The fourth-order valence-corrected chi connectivity index (χ4v) is 5.53. The van der Waals surface area contributed by atoms with E-state index in [2.05, 4.69) is 10.2 Å². The van der Waals surface area contributed by atoms with Crippen LogP contribution in [-0.2, 0) is 21.1 Å². The quantitative estimate of drug-likeness (QED) is 0.778. The average Bonchev–Trinajstić information content (AvgIpc) is 2.94. The number of aromatic hydroxyl groups is 1. The van der Waals surface area contributed by atoms with Crippen molar-refractivity contribution in [1.29, 1.82) is 0 Å². The molecule has 0 saturated carbocycles. The molecule has 0 aromatic heterocycles. The Hall–Kier alpha value is -1.60. The second kappa shape index (κ2) is 8.39. The molecule has 6 nitrogen and oxygen atoms in total. The van der Waals surface area contributed by atoms with Gasteiger partial charge in [0.25, 0.3) is 0 Å². The summed E-state index contributed by atoms with van der Waals surface area (Å²) < 4.78 is 22.9. The Labute approximate surface area is 155 Å². The van der Waals surface area contributed by atoms with Crippen molar-refractivity contribution in [3.8, 4) is 5.75 Å². The van der Waals surface area contributed by atoms with Crippen molar-refractivity contribution in [2.75, 3.05) is 31.1 Å². The number of phenols is 1. The fraction of sp³-hybridized carbons (Fsp3) is 0.632. The van der Waals surface area contributed by atoms with Crippen molar-refractivity contribution >= 4 is 15.7 Å². The monoisotopic (exact) mass is 380 g/mol. The van der Waals surface area contributed by atoms with Gasteiger partial charge in [-0.25, -0.2) is 8.42 Å². The number of phenolic OH excluding ortho intramolecular Hbond substituents is 1. The summed E-state index contributed by atoms with van der Waals surface area (Å²) in [6, 6.07) is 7.18. The highest BCUT2D eigenvalue weighted by Crippen LogP contribution is 2.23.